The van der Waals surface area contributed by atoms with Crippen LogP contribution in [0.3, 0.4) is 0 Å². The van der Waals surface area contributed by atoms with Crippen LogP contribution >= 0.6 is 24.0 Å². The van der Waals surface area contributed by atoms with Crippen LogP contribution in [0.1, 0.15) is 48.5 Å². The number of alkyl carbamates (subject to hydrolysis) is 1. The Kier molecular flexibility index (Phi) is 13.2. The van der Waals surface area contributed by atoms with Gasteiger partial charge in [-0.25, -0.2) is 4.79 Å². The zero-order valence-corrected chi connectivity index (χ0v) is 22.6. The van der Waals surface area contributed by atoms with Crippen molar-refractivity contribution in [3.05, 3.63) is 0 Å². The summed E-state index contributed by atoms with van der Waals surface area (Å²) in [5, 5.41) is 9.63. The minimum absolute atomic E-state index is 0. The van der Waals surface area contributed by atoms with Gasteiger partial charge in [-0.1, -0.05) is 6.92 Å². The van der Waals surface area contributed by atoms with Gasteiger partial charge in [-0.05, 0) is 54.5 Å². The van der Waals surface area contributed by atoms with E-state index < -0.39 is 17.2 Å². The van der Waals surface area contributed by atoms with Gasteiger partial charge in [-0.2, -0.15) is 0 Å². The second kappa shape index (κ2) is 13.6. The molecule has 0 aromatic rings. The van der Waals surface area contributed by atoms with Crippen LogP contribution < -0.4 is 16.0 Å². The van der Waals surface area contributed by atoms with Gasteiger partial charge >= 0.3 is 6.09 Å². The highest BCUT2D eigenvalue weighted by Gasteiger charge is 2.24. The molecule has 0 aliphatic carbocycles. The van der Waals surface area contributed by atoms with Crippen LogP contribution in [0.4, 0.5) is 4.79 Å². The van der Waals surface area contributed by atoms with Crippen LogP contribution in [0, 0.1) is 5.92 Å². The van der Waals surface area contributed by atoms with Gasteiger partial charge in [0.15, 0.2) is 5.96 Å². The zero-order valence-electron chi connectivity index (χ0n) is 20.3. The first-order valence-corrected chi connectivity index (χ1v) is 10.8. The number of carbonyl (C=O) groups excluding carboxylic acids is 1. The SMILES string of the molecule is CCNC(=NCC(C)(C)NC(=O)OC(C)(C)C)NCC(C)CN1CCN(C)CC1.I. The lowest BCUT2D eigenvalue weighted by molar-refractivity contribution is 0.0476. The van der Waals surface area contributed by atoms with Gasteiger partial charge in [0.05, 0.1) is 12.1 Å². The normalized spacial score (nSPS) is 17.7. The summed E-state index contributed by atoms with van der Waals surface area (Å²) in [6.45, 7) is 21.5. The van der Waals surface area contributed by atoms with Gasteiger partial charge in [0.2, 0.25) is 0 Å². The maximum absolute atomic E-state index is 12.0. The highest BCUT2D eigenvalue weighted by molar-refractivity contribution is 14.0. The van der Waals surface area contributed by atoms with E-state index in [1.54, 1.807) is 0 Å². The van der Waals surface area contributed by atoms with E-state index in [9.17, 15) is 4.79 Å². The summed E-state index contributed by atoms with van der Waals surface area (Å²) >= 11 is 0. The topological polar surface area (TPSA) is 81.2 Å². The standard InChI is InChI=1S/C21H44N6O2.HI/c1-9-22-18(23-14-17(2)15-27-12-10-26(8)11-13-27)24-16-21(6,7)25-19(28)29-20(3,4)5;/h17H,9-16H2,1-8H3,(H,25,28)(H2,22,23,24);1H. The molecule has 9 heteroatoms. The number of hydrogen-bond donors (Lipinski definition) is 3. The van der Waals surface area contributed by atoms with Crippen LogP contribution in [-0.2, 0) is 4.74 Å². The number of ether oxygens (including phenoxy) is 1. The number of nitrogens with one attached hydrogen (secondary N) is 3. The molecule has 1 fully saturated rings. The summed E-state index contributed by atoms with van der Waals surface area (Å²) in [4.78, 5) is 21.6. The van der Waals surface area contributed by atoms with Gasteiger partial charge in [0.25, 0.3) is 0 Å². The summed E-state index contributed by atoms with van der Waals surface area (Å²) in [6, 6.07) is 0. The Bertz CT molecular complexity index is 528. The second-order valence-corrected chi connectivity index (χ2v) is 9.80. The quantitative estimate of drug-likeness (QED) is 0.249. The lowest BCUT2D eigenvalue weighted by atomic mass is 10.1. The molecule has 1 saturated heterocycles. The molecule has 0 radical (unpaired) electrons. The summed E-state index contributed by atoms with van der Waals surface area (Å²) in [6.07, 6.45) is -0.420. The number of guanidine groups is 1. The third-order valence-electron chi connectivity index (χ3n) is 4.60. The molecule has 0 bridgehead atoms. The molecule has 8 nitrogen and oxygen atoms in total. The average Bonchev–Trinajstić information content (AvgIpc) is 2.57. The summed E-state index contributed by atoms with van der Waals surface area (Å²) in [7, 11) is 2.18. The molecule has 1 rings (SSSR count). The van der Waals surface area contributed by atoms with E-state index >= 15 is 0 Å². The van der Waals surface area contributed by atoms with Crippen LogP contribution in [0.25, 0.3) is 0 Å². The molecular weight excluding hydrogens is 495 g/mol. The van der Waals surface area contributed by atoms with Crippen molar-refractivity contribution in [2.45, 2.75) is 59.6 Å². The molecule has 1 aliphatic rings. The van der Waals surface area contributed by atoms with Crippen molar-refractivity contribution in [3.8, 4) is 0 Å². The minimum atomic E-state index is -0.514. The number of hydrogen-bond acceptors (Lipinski definition) is 5. The maximum Gasteiger partial charge on any atom is 0.408 e. The third kappa shape index (κ3) is 13.5. The van der Waals surface area contributed by atoms with Gasteiger partial charge in [0, 0.05) is 45.8 Å². The lowest BCUT2D eigenvalue weighted by Gasteiger charge is -2.34. The average molecular weight is 541 g/mol. The first-order chi connectivity index (χ1) is 13.4. The minimum Gasteiger partial charge on any atom is -0.444 e. The second-order valence-electron chi connectivity index (χ2n) is 9.80. The molecule has 1 heterocycles. The lowest BCUT2D eigenvalue weighted by Crippen LogP contribution is -2.49. The van der Waals surface area contributed by atoms with Crippen molar-refractivity contribution in [2.75, 3.05) is 59.4 Å². The summed E-state index contributed by atoms with van der Waals surface area (Å²) < 4.78 is 5.35. The molecular formula is C21H45IN6O2. The number of nitrogens with zero attached hydrogens (tertiary/aromatic N) is 3. The molecule has 1 unspecified atom stereocenters. The van der Waals surface area contributed by atoms with E-state index in [1.807, 2.05) is 34.6 Å². The predicted molar refractivity (Wildman–Crippen MR) is 136 cm³/mol. The van der Waals surface area contributed by atoms with Crippen molar-refractivity contribution in [3.63, 3.8) is 0 Å². The smallest absolute Gasteiger partial charge is 0.408 e. The highest BCUT2D eigenvalue weighted by atomic mass is 127. The van der Waals surface area contributed by atoms with Crippen molar-refractivity contribution in [1.29, 1.82) is 0 Å². The first kappa shape index (κ1) is 29.2. The molecule has 0 aromatic carbocycles. The molecule has 1 amide bonds. The molecule has 0 spiro atoms. The Morgan fingerprint density at radius 2 is 1.70 bits per heavy atom. The van der Waals surface area contributed by atoms with E-state index in [0.29, 0.717) is 12.5 Å². The Balaban J connectivity index is 0.00000841. The largest absolute Gasteiger partial charge is 0.444 e. The fourth-order valence-corrected chi connectivity index (χ4v) is 3.04. The molecule has 0 saturated carbocycles. The highest BCUT2D eigenvalue weighted by Crippen LogP contribution is 2.10. The summed E-state index contributed by atoms with van der Waals surface area (Å²) in [5.74, 6) is 1.30. The van der Waals surface area contributed by atoms with Crippen molar-refractivity contribution >= 4 is 36.0 Å². The van der Waals surface area contributed by atoms with E-state index in [2.05, 4.69) is 51.6 Å². The van der Waals surface area contributed by atoms with E-state index in [0.717, 1.165) is 51.8 Å². The zero-order chi connectivity index (χ0) is 22.1. The van der Waals surface area contributed by atoms with Crippen molar-refractivity contribution < 1.29 is 9.53 Å². The van der Waals surface area contributed by atoms with Gasteiger partial charge < -0.3 is 30.5 Å². The number of carbonyl (C=O) groups is 1. The fraction of sp³-hybridized carbons (Fsp3) is 0.905. The maximum atomic E-state index is 12.0. The fourth-order valence-electron chi connectivity index (χ4n) is 3.04. The number of likely N-dealkylation sites (N-methyl/N-ethyl adjacent to an activating group) is 1. The molecule has 178 valence electrons. The number of rotatable bonds is 8. The van der Waals surface area contributed by atoms with Crippen LogP contribution in [0.15, 0.2) is 4.99 Å². The molecule has 1 aliphatic heterocycles. The first-order valence-electron chi connectivity index (χ1n) is 10.8. The van der Waals surface area contributed by atoms with Crippen LogP contribution in [0.2, 0.25) is 0 Å². The van der Waals surface area contributed by atoms with Crippen LogP contribution in [0.5, 0.6) is 0 Å². The Morgan fingerprint density at radius 3 is 2.23 bits per heavy atom. The number of halogens is 1. The molecule has 0 aromatic heterocycles. The number of piperazine rings is 1. The van der Waals surface area contributed by atoms with Gasteiger partial charge in [0.1, 0.15) is 5.60 Å². The molecule has 3 N–H and O–H groups in total. The van der Waals surface area contributed by atoms with Crippen molar-refractivity contribution in [2.24, 2.45) is 10.9 Å². The Morgan fingerprint density at radius 1 is 1.10 bits per heavy atom. The summed E-state index contributed by atoms with van der Waals surface area (Å²) in [5.41, 5.74) is -1.02. The van der Waals surface area contributed by atoms with Gasteiger partial charge in [-0.3, -0.25) is 4.99 Å². The third-order valence-corrected chi connectivity index (χ3v) is 4.60. The van der Waals surface area contributed by atoms with Crippen LogP contribution in [-0.4, -0.2) is 92.4 Å². The van der Waals surface area contributed by atoms with Gasteiger partial charge in [-0.15, -0.1) is 24.0 Å². The number of aliphatic imine (C=N–C) groups is 1. The monoisotopic (exact) mass is 540 g/mol. The Hall–Kier alpha value is -0.810. The van der Waals surface area contributed by atoms with E-state index in [-0.39, 0.29) is 24.0 Å². The van der Waals surface area contributed by atoms with E-state index in [1.165, 1.54) is 0 Å². The Labute approximate surface area is 201 Å². The predicted octanol–water partition coefficient (Wildman–Crippen LogP) is 2.35. The number of amides is 1. The molecule has 30 heavy (non-hydrogen) atoms. The van der Waals surface area contributed by atoms with Crippen molar-refractivity contribution in [1.82, 2.24) is 25.8 Å². The molecule has 1 atom stereocenters. The van der Waals surface area contributed by atoms with E-state index in [4.69, 9.17) is 4.74 Å².